The van der Waals surface area contributed by atoms with Gasteiger partial charge in [0, 0.05) is 0 Å². The summed E-state index contributed by atoms with van der Waals surface area (Å²) in [5, 5.41) is 0. The third kappa shape index (κ3) is 1.72. The molecule has 0 fully saturated rings. The number of hydrogen-bond donors (Lipinski definition) is 0. The molecular formula is C17H14B. The molecule has 1 heterocycles. The van der Waals surface area contributed by atoms with Crippen LogP contribution in [0, 0.1) is 0 Å². The Bertz CT molecular complexity index is 636. The van der Waals surface area contributed by atoms with Gasteiger partial charge in [0.1, 0.15) is 0 Å². The van der Waals surface area contributed by atoms with Gasteiger partial charge in [0.05, 0.1) is 0 Å². The quantitative estimate of drug-likeness (QED) is 0.655. The van der Waals surface area contributed by atoms with E-state index in [1.54, 1.807) is 0 Å². The van der Waals surface area contributed by atoms with E-state index in [1.807, 2.05) is 6.07 Å². The molecule has 0 bridgehead atoms. The highest BCUT2D eigenvalue weighted by Gasteiger charge is 2.20. The van der Waals surface area contributed by atoms with Gasteiger partial charge in [-0.1, -0.05) is 65.5 Å². The summed E-state index contributed by atoms with van der Waals surface area (Å²) < 4.78 is 0. The van der Waals surface area contributed by atoms with Crippen molar-refractivity contribution in [3.8, 4) is 11.1 Å². The fourth-order valence-corrected chi connectivity index (χ4v) is 2.52. The van der Waals surface area contributed by atoms with Crippen LogP contribution < -0.4 is 5.46 Å². The van der Waals surface area contributed by atoms with Gasteiger partial charge in [0.25, 0.3) is 0 Å². The van der Waals surface area contributed by atoms with Gasteiger partial charge in [-0.05, 0) is 29.2 Å². The molecule has 0 saturated carbocycles. The molecule has 2 aromatic carbocycles. The van der Waals surface area contributed by atoms with E-state index in [9.17, 15) is 0 Å². The van der Waals surface area contributed by atoms with Crippen LogP contribution in [0.3, 0.4) is 0 Å². The minimum atomic E-state index is 1.11. The second kappa shape index (κ2) is 4.34. The first-order valence-electron chi connectivity index (χ1n) is 6.20. The van der Waals surface area contributed by atoms with Gasteiger partial charge >= 0.3 is 0 Å². The summed E-state index contributed by atoms with van der Waals surface area (Å²) in [4.78, 5) is 0. The molecule has 2 aromatic rings. The third-order valence-electron chi connectivity index (χ3n) is 3.41. The van der Waals surface area contributed by atoms with Crippen LogP contribution in [-0.4, -0.2) is 7.28 Å². The van der Waals surface area contributed by atoms with E-state index in [1.165, 1.54) is 27.7 Å². The van der Waals surface area contributed by atoms with Gasteiger partial charge < -0.3 is 0 Å². The molecule has 0 nitrogen and oxygen atoms in total. The Kier molecular flexibility index (Phi) is 2.68. The van der Waals surface area contributed by atoms with Crippen molar-refractivity contribution in [2.45, 2.75) is 6.92 Å². The molecule has 3 rings (SSSR count). The van der Waals surface area contributed by atoms with Gasteiger partial charge in [0.2, 0.25) is 0 Å². The maximum absolute atomic E-state index is 4.10. The summed E-state index contributed by atoms with van der Waals surface area (Å²) in [7, 11) is 2.16. The lowest BCUT2D eigenvalue weighted by atomic mass is 9.68. The molecule has 18 heavy (non-hydrogen) atoms. The second-order valence-corrected chi connectivity index (χ2v) is 4.54. The Morgan fingerprint density at radius 2 is 1.78 bits per heavy atom. The Balaban J connectivity index is 2.10. The van der Waals surface area contributed by atoms with Crippen molar-refractivity contribution in [3.05, 3.63) is 72.2 Å². The minimum absolute atomic E-state index is 1.11. The van der Waals surface area contributed by atoms with Crippen molar-refractivity contribution >= 4 is 18.3 Å². The van der Waals surface area contributed by atoms with Crippen LogP contribution in [0.4, 0.5) is 0 Å². The number of fused-ring (bicyclic) bond motifs is 1. The highest BCUT2D eigenvalue weighted by molar-refractivity contribution is 6.69. The summed E-state index contributed by atoms with van der Waals surface area (Å²) >= 11 is 0. The first-order chi connectivity index (χ1) is 8.79. The molecule has 1 radical (unpaired) electrons. The summed E-state index contributed by atoms with van der Waals surface area (Å²) in [5.41, 5.74) is 7.45. The first-order valence-corrected chi connectivity index (χ1v) is 6.20. The monoisotopic (exact) mass is 229 g/mol. The average molecular weight is 229 g/mol. The van der Waals surface area contributed by atoms with Gasteiger partial charge in [-0.3, -0.25) is 0 Å². The molecule has 0 spiro atoms. The van der Waals surface area contributed by atoms with Crippen LogP contribution in [-0.2, 0) is 0 Å². The highest BCUT2D eigenvalue weighted by Crippen LogP contribution is 2.28. The molecule has 0 saturated heterocycles. The van der Waals surface area contributed by atoms with Gasteiger partial charge in [-0.25, -0.2) is 0 Å². The van der Waals surface area contributed by atoms with Crippen LogP contribution in [0.5, 0.6) is 0 Å². The molecule has 1 aliphatic rings. The largest absolute Gasteiger partial charge is 0.192 e. The van der Waals surface area contributed by atoms with Crippen LogP contribution >= 0.6 is 0 Å². The molecule has 0 atom stereocenters. The zero-order valence-corrected chi connectivity index (χ0v) is 10.5. The standard InChI is InChI=1S/C17H14B/c1-3-15-12(2)18-17-11-14(9-10-16(15)17)13-7-5-4-6-8-13/h3-11H,2H2,1H3/b15-3+. The molecule has 1 heteroatoms. The van der Waals surface area contributed by atoms with Crippen LogP contribution in [0.25, 0.3) is 16.7 Å². The summed E-state index contributed by atoms with van der Waals surface area (Å²) in [6.45, 7) is 6.16. The molecule has 0 unspecified atom stereocenters. The topological polar surface area (TPSA) is 0 Å². The predicted molar refractivity (Wildman–Crippen MR) is 80.1 cm³/mol. The lowest BCUT2D eigenvalue weighted by molar-refractivity contribution is 1.61. The normalized spacial score (nSPS) is 15.6. The number of hydrogen-bond acceptors (Lipinski definition) is 0. The van der Waals surface area contributed by atoms with Crippen molar-refractivity contribution in [1.29, 1.82) is 0 Å². The van der Waals surface area contributed by atoms with E-state index in [-0.39, 0.29) is 0 Å². The van der Waals surface area contributed by atoms with E-state index in [4.69, 9.17) is 0 Å². The lowest BCUT2D eigenvalue weighted by Gasteiger charge is -2.06. The van der Waals surface area contributed by atoms with Crippen molar-refractivity contribution in [2.24, 2.45) is 0 Å². The molecule has 0 aromatic heterocycles. The maximum atomic E-state index is 4.10. The van der Waals surface area contributed by atoms with Gasteiger partial charge in [-0.15, -0.1) is 6.58 Å². The van der Waals surface area contributed by atoms with Crippen molar-refractivity contribution in [3.63, 3.8) is 0 Å². The van der Waals surface area contributed by atoms with Crippen LogP contribution in [0.1, 0.15) is 12.5 Å². The Morgan fingerprint density at radius 1 is 1.00 bits per heavy atom. The van der Waals surface area contributed by atoms with E-state index < -0.39 is 0 Å². The lowest BCUT2D eigenvalue weighted by Crippen LogP contribution is -2.11. The Labute approximate surface area is 109 Å². The highest BCUT2D eigenvalue weighted by atomic mass is 14.1. The maximum Gasteiger partial charge on any atom is 0.192 e. The number of benzene rings is 2. The number of allylic oxidation sites excluding steroid dienone is 3. The third-order valence-corrected chi connectivity index (χ3v) is 3.41. The van der Waals surface area contributed by atoms with Gasteiger partial charge in [0.15, 0.2) is 7.28 Å². The molecule has 0 N–H and O–H groups in total. The summed E-state index contributed by atoms with van der Waals surface area (Å²) in [5.74, 6) is 0. The first kappa shape index (κ1) is 11.1. The Hall–Kier alpha value is -2.02. The molecule has 85 valence electrons. The van der Waals surface area contributed by atoms with E-state index in [2.05, 4.69) is 69.3 Å². The minimum Gasteiger partial charge on any atom is -0.104 e. The summed E-state index contributed by atoms with van der Waals surface area (Å²) in [6.07, 6.45) is 2.13. The van der Waals surface area contributed by atoms with E-state index >= 15 is 0 Å². The summed E-state index contributed by atoms with van der Waals surface area (Å²) in [6, 6.07) is 17.1. The van der Waals surface area contributed by atoms with Crippen molar-refractivity contribution < 1.29 is 0 Å². The van der Waals surface area contributed by atoms with Crippen LogP contribution in [0.2, 0.25) is 0 Å². The Morgan fingerprint density at radius 3 is 2.50 bits per heavy atom. The van der Waals surface area contributed by atoms with Crippen molar-refractivity contribution in [1.82, 2.24) is 0 Å². The predicted octanol–water partition coefficient (Wildman–Crippen LogP) is 3.61. The van der Waals surface area contributed by atoms with E-state index in [0.29, 0.717) is 0 Å². The molecule has 0 amide bonds. The fourth-order valence-electron chi connectivity index (χ4n) is 2.52. The van der Waals surface area contributed by atoms with Crippen molar-refractivity contribution in [2.75, 3.05) is 0 Å². The number of rotatable bonds is 1. The van der Waals surface area contributed by atoms with Crippen LogP contribution in [0.15, 0.2) is 66.7 Å². The average Bonchev–Trinajstić information content (AvgIpc) is 2.74. The zero-order chi connectivity index (χ0) is 12.5. The van der Waals surface area contributed by atoms with E-state index in [0.717, 1.165) is 5.47 Å². The van der Waals surface area contributed by atoms with Gasteiger partial charge in [-0.2, -0.15) is 0 Å². The second-order valence-electron chi connectivity index (χ2n) is 4.54. The molecule has 0 aliphatic carbocycles. The molecule has 1 aliphatic heterocycles. The fraction of sp³-hybridized carbons (Fsp3) is 0.0588. The molecular weight excluding hydrogens is 215 g/mol. The smallest absolute Gasteiger partial charge is 0.104 e. The zero-order valence-electron chi connectivity index (χ0n) is 10.5. The SMILES string of the molecule is C=C1[B]c2cc(-c3ccccc3)ccc2/C1=C/C.